The predicted molar refractivity (Wildman–Crippen MR) is 79.0 cm³/mol. The lowest BCUT2D eigenvalue weighted by Crippen LogP contribution is -2.63. The van der Waals surface area contributed by atoms with Gasteiger partial charge in [0, 0.05) is 13.8 Å². The van der Waals surface area contributed by atoms with Gasteiger partial charge in [-0.25, -0.2) is 0 Å². The summed E-state index contributed by atoms with van der Waals surface area (Å²) >= 11 is 0. The minimum absolute atomic E-state index is 0.0676. The minimum atomic E-state index is -3.59. The molecule has 0 aromatic rings. The summed E-state index contributed by atoms with van der Waals surface area (Å²) in [6.45, 7) is 0.992. The summed E-state index contributed by atoms with van der Waals surface area (Å²) in [5.74, 6) is 0. The van der Waals surface area contributed by atoms with E-state index in [1.807, 2.05) is 0 Å². The highest BCUT2D eigenvalue weighted by Crippen LogP contribution is 2.36. The van der Waals surface area contributed by atoms with Crippen molar-refractivity contribution in [2.24, 2.45) is 5.73 Å². The van der Waals surface area contributed by atoms with E-state index in [4.69, 9.17) is 29.6 Å². The van der Waals surface area contributed by atoms with Gasteiger partial charge in [0.05, 0.1) is 39.1 Å². The molecule has 1 saturated heterocycles. The molecule has 6 unspecified atom stereocenters. The van der Waals surface area contributed by atoms with Crippen molar-refractivity contribution in [2.45, 2.75) is 30.6 Å². The fourth-order valence-electron chi connectivity index (χ4n) is 2.08. The van der Waals surface area contributed by atoms with E-state index in [1.54, 1.807) is 0 Å². The summed E-state index contributed by atoms with van der Waals surface area (Å²) in [6.07, 6.45) is -3.80. The average Bonchev–Trinajstić information content (AvgIpc) is 2.48. The molecule has 0 aliphatic carbocycles. The Morgan fingerprint density at radius 1 is 1.22 bits per heavy atom. The van der Waals surface area contributed by atoms with Crippen molar-refractivity contribution >= 4 is 7.60 Å². The number of aliphatic hydroxyl groups excluding tert-OH is 2. The minimum Gasteiger partial charge on any atom is -0.394 e. The van der Waals surface area contributed by atoms with E-state index < -0.39 is 44.8 Å². The van der Waals surface area contributed by atoms with Crippen LogP contribution in [0.3, 0.4) is 0 Å². The largest absolute Gasteiger partial charge is 0.394 e. The van der Waals surface area contributed by atoms with Crippen LogP contribution in [0, 0.1) is 0 Å². The fourth-order valence-corrected chi connectivity index (χ4v) is 2.50. The molecule has 1 aliphatic rings. The molecule has 0 bridgehead atoms. The van der Waals surface area contributed by atoms with Gasteiger partial charge in [-0.1, -0.05) is 0 Å². The summed E-state index contributed by atoms with van der Waals surface area (Å²) < 4.78 is 36.7. The molecule has 138 valence electrons. The predicted octanol–water partition coefficient (Wildman–Crippen LogP) is -1.73. The van der Waals surface area contributed by atoms with E-state index in [0.29, 0.717) is 6.61 Å². The van der Waals surface area contributed by atoms with Crippen LogP contribution in [0.2, 0.25) is 0 Å². The average molecular weight is 359 g/mol. The normalized spacial score (nSPS) is 34.3. The zero-order valence-corrected chi connectivity index (χ0v) is 14.1. The molecule has 6 atom stereocenters. The molecule has 1 rings (SSSR count). The highest BCUT2D eigenvalue weighted by Gasteiger charge is 2.44. The van der Waals surface area contributed by atoms with Crippen LogP contribution in [0.1, 0.15) is 0 Å². The first-order valence-electron chi connectivity index (χ1n) is 7.17. The molecule has 0 spiro atoms. The van der Waals surface area contributed by atoms with Crippen molar-refractivity contribution in [1.82, 2.24) is 0 Å². The number of rotatable bonds is 10. The Hall–Kier alpha value is -0.130. The number of aliphatic hydroxyl groups is 2. The van der Waals surface area contributed by atoms with Gasteiger partial charge in [-0.3, -0.25) is 4.57 Å². The third-order valence-corrected chi connectivity index (χ3v) is 3.86. The van der Waals surface area contributed by atoms with Crippen LogP contribution in [-0.2, 0) is 28.0 Å². The molecule has 1 fully saturated rings. The Bertz CT molecular complexity index is 378. The monoisotopic (exact) mass is 359 g/mol. The molecule has 23 heavy (non-hydrogen) atoms. The Morgan fingerprint density at radius 3 is 2.43 bits per heavy atom. The fraction of sp³-hybridized carbons (Fsp3) is 1.00. The van der Waals surface area contributed by atoms with E-state index >= 15 is 0 Å². The van der Waals surface area contributed by atoms with E-state index in [0.717, 1.165) is 6.66 Å². The molecule has 0 aromatic carbocycles. The van der Waals surface area contributed by atoms with Gasteiger partial charge in [-0.15, -0.1) is 0 Å². The smallest absolute Gasteiger partial charge is 0.325 e. The first-order valence-corrected chi connectivity index (χ1v) is 9.19. The first kappa shape index (κ1) is 20.9. The topological polar surface area (TPSA) is 150 Å². The molecule has 0 radical (unpaired) electrons. The zero-order valence-electron chi connectivity index (χ0n) is 13.2. The molecule has 5 N–H and O–H groups in total. The van der Waals surface area contributed by atoms with Gasteiger partial charge < -0.3 is 44.3 Å². The van der Waals surface area contributed by atoms with Crippen molar-refractivity contribution < 1.29 is 43.1 Å². The molecular formula is C12H26NO9P. The van der Waals surface area contributed by atoms with Crippen molar-refractivity contribution in [1.29, 1.82) is 0 Å². The van der Waals surface area contributed by atoms with Crippen LogP contribution in [0.5, 0.6) is 0 Å². The molecule has 0 aromatic heterocycles. The standard InChI is InChI=1S/C12H26NO9P/c1-18-3-4-20-12-9(13)10(15)11(8(7-14)22-12)19-5-6-21-23(2,16)17/h8-12,14-15H,3-7,13H2,1-2H3,(H,16,17). The van der Waals surface area contributed by atoms with Gasteiger partial charge in [-0.05, 0) is 0 Å². The Morgan fingerprint density at radius 2 is 1.87 bits per heavy atom. The SMILES string of the molecule is COCCOC1OC(CO)C(OCCOP(C)(=O)O)C(O)C1N. The van der Waals surface area contributed by atoms with Crippen LogP contribution in [-0.4, -0.2) is 92.6 Å². The summed E-state index contributed by atoms with van der Waals surface area (Å²) in [4.78, 5) is 9.00. The highest BCUT2D eigenvalue weighted by molar-refractivity contribution is 7.51. The lowest BCUT2D eigenvalue weighted by atomic mass is 9.97. The number of hydrogen-bond acceptors (Lipinski definition) is 9. The van der Waals surface area contributed by atoms with E-state index in [1.165, 1.54) is 7.11 Å². The number of hydrogen-bond donors (Lipinski definition) is 4. The molecule has 0 saturated carbocycles. The third-order valence-electron chi connectivity index (χ3n) is 3.19. The first-order chi connectivity index (χ1) is 10.8. The lowest BCUT2D eigenvalue weighted by molar-refractivity contribution is -0.275. The van der Waals surface area contributed by atoms with E-state index in [-0.39, 0.29) is 19.8 Å². The highest BCUT2D eigenvalue weighted by atomic mass is 31.2. The second-order valence-electron chi connectivity index (χ2n) is 5.13. The van der Waals surface area contributed by atoms with E-state index in [2.05, 4.69) is 4.52 Å². The van der Waals surface area contributed by atoms with Crippen molar-refractivity contribution in [3.05, 3.63) is 0 Å². The number of ether oxygens (including phenoxy) is 4. The molecular weight excluding hydrogens is 333 g/mol. The Balaban J connectivity index is 2.51. The third kappa shape index (κ3) is 7.10. The maximum absolute atomic E-state index is 11.0. The van der Waals surface area contributed by atoms with Gasteiger partial charge >= 0.3 is 7.60 Å². The Kier molecular flexibility index (Phi) is 9.09. The Labute approximate surface area is 135 Å². The molecule has 1 aliphatic heterocycles. The lowest BCUT2D eigenvalue weighted by Gasteiger charge is -2.42. The molecule has 11 heteroatoms. The quantitative estimate of drug-likeness (QED) is 0.262. The molecule has 0 amide bonds. The number of methoxy groups -OCH3 is 1. The van der Waals surface area contributed by atoms with Gasteiger partial charge in [0.25, 0.3) is 0 Å². The second-order valence-corrected chi connectivity index (χ2v) is 6.99. The summed E-state index contributed by atoms with van der Waals surface area (Å²) in [6, 6.07) is -0.879. The maximum atomic E-state index is 11.0. The van der Waals surface area contributed by atoms with Gasteiger partial charge in [0.1, 0.15) is 18.3 Å². The summed E-state index contributed by atoms with van der Waals surface area (Å²) in [5.41, 5.74) is 5.87. The second kappa shape index (κ2) is 10.00. The van der Waals surface area contributed by atoms with Crippen LogP contribution >= 0.6 is 7.60 Å². The van der Waals surface area contributed by atoms with Crippen LogP contribution in [0.15, 0.2) is 0 Å². The van der Waals surface area contributed by atoms with Crippen LogP contribution in [0.25, 0.3) is 0 Å². The summed E-state index contributed by atoms with van der Waals surface area (Å²) in [5, 5.41) is 19.6. The van der Waals surface area contributed by atoms with Crippen LogP contribution in [0.4, 0.5) is 0 Å². The van der Waals surface area contributed by atoms with Crippen molar-refractivity contribution in [2.75, 3.05) is 46.8 Å². The molecule has 10 nitrogen and oxygen atoms in total. The van der Waals surface area contributed by atoms with Gasteiger partial charge in [0.15, 0.2) is 6.29 Å². The van der Waals surface area contributed by atoms with E-state index in [9.17, 15) is 14.8 Å². The van der Waals surface area contributed by atoms with Crippen molar-refractivity contribution in [3.63, 3.8) is 0 Å². The number of nitrogens with two attached hydrogens (primary N) is 1. The van der Waals surface area contributed by atoms with Crippen LogP contribution < -0.4 is 5.73 Å². The van der Waals surface area contributed by atoms with Gasteiger partial charge in [0.2, 0.25) is 0 Å². The van der Waals surface area contributed by atoms with Crippen molar-refractivity contribution in [3.8, 4) is 0 Å². The van der Waals surface area contributed by atoms with Gasteiger partial charge in [-0.2, -0.15) is 0 Å². The summed E-state index contributed by atoms with van der Waals surface area (Å²) in [7, 11) is -2.07. The maximum Gasteiger partial charge on any atom is 0.325 e. The zero-order chi connectivity index (χ0) is 17.5. The molecule has 1 heterocycles.